The summed E-state index contributed by atoms with van der Waals surface area (Å²) in [6.45, 7) is 2.40. The number of rotatable bonds is 5. The Bertz CT molecular complexity index is 474. The molecule has 3 nitrogen and oxygen atoms in total. The molecular formula is C14H17N3S. The summed E-state index contributed by atoms with van der Waals surface area (Å²) in [7, 11) is 0. The zero-order valence-corrected chi connectivity index (χ0v) is 11.1. The molecule has 1 N–H and O–H groups in total. The number of benzene rings is 1. The van der Waals surface area contributed by atoms with Crippen molar-refractivity contribution in [3.8, 4) is 5.69 Å². The first-order valence-corrected chi connectivity index (χ1v) is 7.43. The zero-order chi connectivity index (χ0) is 12.2. The highest BCUT2D eigenvalue weighted by molar-refractivity contribution is 7.98. The molecule has 1 fully saturated rings. The van der Waals surface area contributed by atoms with Gasteiger partial charge in [-0.05, 0) is 42.5 Å². The Morgan fingerprint density at radius 1 is 1.28 bits per heavy atom. The maximum atomic E-state index is 4.06. The molecule has 18 heavy (non-hydrogen) atoms. The van der Waals surface area contributed by atoms with Crippen molar-refractivity contribution in [3.63, 3.8) is 0 Å². The molecule has 0 radical (unpaired) electrons. The first kappa shape index (κ1) is 11.8. The van der Waals surface area contributed by atoms with E-state index in [4.69, 9.17) is 0 Å². The van der Waals surface area contributed by atoms with Crippen LogP contribution in [0.4, 0.5) is 0 Å². The van der Waals surface area contributed by atoms with Crippen LogP contribution in [-0.4, -0.2) is 28.4 Å². The van der Waals surface area contributed by atoms with Crippen molar-refractivity contribution in [1.29, 1.82) is 0 Å². The highest BCUT2D eigenvalue weighted by Gasteiger charge is 2.15. The Morgan fingerprint density at radius 3 is 2.72 bits per heavy atom. The fourth-order valence-electron chi connectivity index (χ4n) is 1.99. The van der Waals surface area contributed by atoms with Gasteiger partial charge in [-0.25, -0.2) is 4.98 Å². The molecular weight excluding hydrogens is 242 g/mol. The summed E-state index contributed by atoms with van der Waals surface area (Å²) < 4.78 is 2.02. The van der Waals surface area contributed by atoms with Gasteiger partial charge in [-0.3, -0.25) is 0 Å². The van der Waals surface area contributed by atoms with Gasteiger partial charge in [0.2, 0.25) is 0 Å². The van der Waals surface area contributed by atoms with E-state index in [1.165, 1.54) is 30.1 Å². The Hall–Kier alpha value is -1.26. The summed E-state index contributed by atoms with van der Waals surface area (Å²) in [6, 6.07) is 8.73. The number of aromatic nitrogens is 2. The molecule has 0 amide bonds. The molecule has 0 atom stereocenters. The molecule has 0 unspecified atom stereocenters. The molecule has 0 aliphatic carbocycles. The maximum absolute atomic E-state index is 4.06. The van der Waals surface area contributed by atoms with Gasteiger partial charge in [0, 0.05) is 23.8 Å². The van der Waals surface area contributed by atoms with Crippen molar-refractivity contribution in [2.45, 2.75) is 5.75 Å². The molecule has 3 rings (SSSR count). The normalized spacial score (nSPS) is 15.6. The number of nitrogens with zero attached hydrogens (tertiary/aromatic N) is 2. The van der Waals surface area contributed by atoms with Crippen LogP contribution in [0.5, 0.6) is 0 Å². The third-order valence-corrected chi connectivity index (χ3v) is 4.47. The van der Waals surface area contributed by atoms with Crippen LogP contribution in [0, 0.1) is 5.92 Å². The van der Waals surface area contributed by atoms with E-state index in [1.54, 1.807) is 6.20 Å². The van der Waals surface area contributed by atoms with E-state index in [-0.39, 0.29) is 0 Å². The van der Waals surface area contributed by atoms with Crippen LogP contribution in [0.1, 0.15) is 5.56 Å². The molecule has 1 aliphatic rings. The quantitative estimate of drug-likeness (QED) is 0.893. The first-order chi connectivity index (χ1) is 8.92. The summed E-state index contributed by atoms with van der Waals surface area (Å²) in [5.41, 5.74) is 2.57. The van der Waals surface area contributed by atoms with Gasteiger partial charge in [0.1, 0.15) is 0 Å². The van der Waals surface area contributed by atoms with Gasteiger partial charge in [0.25, 0.3) is 0 Å². The standard InChI is InChI=1S/C14H17N3S/c1-3-14(17-6-5-15-11-17)4-2-12(1)9-18-10-13-7-16-8-13/h1-6,11,13,16H,7-10H2. The Labute approximate surface area is 112 Å². The predicted octanol–water partition coefficient (Wildman–Crippen LogP) is 2.32. The lowest BCUT2D eigenvalue weighted by atomic mass is 10.1. The zero-order valence-electron chi connectivity index (χ0n) is 10.2. The molecule has 1 aromatic heterocycles. The highest BCUT2D eigenvalue weighted by atomic mass is 32.2. The second kappa shape index (κ2) is 5.59. The summed E-state index contributed by atoms with van der Waals surface area (Å²) >= 11 is 2.03. The van der Waals surface area contributed by atoms with Crippen LogP contribution in [0.2, 0.25) is 0 Å². The van der Waals surface area contributed by atoms with Gasteiger partial charge in [-0.1, -0.05) is 12.1 Å². The van der Waals surface area contributed by atoms with Crippen molar-refractivity contribution in [2.75, 3.05) is 18.8 Å². The van der Waals surface area contributed by atoms with E-state index in [0.717, 1.165) is 11.7 Å². The molecule has 1 saturated heterocycles. The van der Waals surface area contributed by atoms with Crippen molar-refractivity contribution in [1.82, 2.24) is 14.9 Å². The molecule has 1 aromatic carbocycles. The molecule has 1 aliphatic heterocycles. The van der Waals surface area contributed by atoms with Gasteiger partial charge in [-0.2, -0.15) is 11.8 Å². The van der Waals surface area contributed by atoms with E-state index in [0.29, 0.717) is 0 Å². The summed E-state index contributed by atoms with van der Waals surface area (Å²) in [5.74, 6) is 3.27. The molecule has 0 bridgehead atoms. The number of imidazole rings is 1. The number of hydrogen-bond acceptors (Lipinski definition) is 3. The summed E-state index contributed by atoms with van der Waals surface area (Å²) in [4.78, 5) is 4.06. The predicted molar refractivity (Wildman–Crippen MR) is 76.1 cm³/mol. The summed E-state index contributed by atoms with van der Waals surface area (Å²) in [5, 5.41) is 3.31. The van der Waals surface area contributed by atoms with Gasteiger partial charge >= 0.3 is 0 Å². The van der Waals surface area contributed by atoms with E-state index in [1.807, 2.05) is 28.9 Å². The molecule has 0 saturated carbocycles. The third kappa shape index (κ3) is 2.76. The summed E-state index contributed by atoms with van der Waals surface area (Å²) in [6.07, 6.45) is 5.59. The van der Waals surface area contributed by atoms with E-state index in [2.05, 4.69) is 34.6 Å². The monoisotopic (exact) mass is 259 g/mol. The lowest BCUT2D eigenvalue weighted by Crippen LogP contribution is -2.43. The van der Waals surface area contributed by atoms with E-state index < -0.39 is 0 Å². The van der Waals surface area contributed by atoms with Crippen LogP contribution in [0.15, 0.2) is 43.0 Å². The van der Waals surface area contributed by atoms with E-state index in [9.17, 15) is 0 Å². The van der Waals surface area contributed by atoms with Crippen LogP contribution in [-0.2, 0) is 5.75 Å². The number of hydrogen-bond donors (Lipinski definition) is 1. The molecule has 94 valence electrons. The van der Waals surface area contributed by atoms with Gasteiger partial charge in [0.15, 0.2) is 0 Å². The smallest absolute Gasteiger partial charge is 0.0991 e. The molecule has 2 heterocycles. The minimum absolute atomic E-state index is 0.889. The molecule has 0 spiro atoms. The molecule has 2 aromatic rings. The second-order valence-corrected chi connectivity index (χ2v) is 5.71. The largest absolute Gasteiger partial charge is 0.316 e. The van der Waals surface area contributed by atoms with Crippen LogP contribution in [0.25, 0.3) is 5.69 Å². The Kier molecular flexibility index (Phi) is 3.67. The fraction of sp³-hybridized carbons (Fsp3) is 0.357. The fourth-order valence-corrected chi connectivity index (χ4v) is 3.10. The molecule has 4 heteroatoms. The van der Waals surface area contributed by atoms with Crippen LogP contribution >= 0.6 is 11.8 Å². The van der Waals surface area contributed by atoms with Crippen molar-refractivity contribution in [3.05, 3.63) is 48.5 Å². The Morgan fingerprint density at radius 2 is 2.11 bits per heavy atom. The van der Waals surface area contributed by atoms with Crippen molar-refractivity contribution in [2.24, 2.45) is 5.92 Å². The van der Waals surface area contributed by atoms with Crippen LogP contribution in [0.3, 0.4) is 0 Å². The van der Waals surface area contributed by atoms with E-state index >= 15 is 0 Å². The average Bonchev–Trinajstić information content (AvgIpc) is 2.87. The lowest BCUT2D eigenvalue weighted by molar-refractivity contribution is 0.385. The van der Waals surface area contributed by atoms with Crippen molar-refractivity contribution >= 4 is 11.8 Å². The maximum Gasteiger partial charge on any atom is 0.0991 e. The van der Waals surface area contributed by atoms with Gasteiger partial charge in [0.05, 0.1) is 6.33 Å². The lowest BCUT2D eigenvalue weighted by Gasteiger charge is -2.26. The van der Waals surface area contributed by atoms with Gasteiger partial charge < -0.3 is 9.88 Å². The van der Waals surface area contributed by atoms with Gasteiger partial charge in [-0.15, -0.1) is 0 Å². The topological polar surface area (TPSA) is 29.9 Å². The number of nitrogens with one attached hydrogen (secondary N) is 1. The first-order valence-electron chi connectivity index (χ1n) is 6.27. The average molecular weight is 259 g/mol. The third-order valence-electron chi connectivity index (χ3n) is 3.23. The minimum atomic E-state index is 0.889. The van der Waals surface area contributed by atoms with Crippen LogP contribution < -0.4 is 5.32 Å². The Balaban J connectivity index is 1.54. The number of thioether (sulfide) groups is 1. The SMILES string of the molecule is c1cn(-c2ccc(CSCC3CNC3)cc2)cn1. The second-order valence-electron chi connectivity index (χ2n) is 4.68. The highest BCUT2D eigenvalue weighted by Crippen LogP contribution is 2.18. The van der Waals surface area contributed by atoms with Crippen molar-refractivity contribution < 1.29 is 0 Å². The minimum Gasteiger partial charge on any atom is -0.316 e.